The van der Waals surface area contributed by atoms with Crippen LogP contribution in [-0.2, 0) is 6.42 Å². The maximum Gasteiger partial charge on any atom is 0.269 e. The number of benzene rings is 1. The third-order valence-corrected chi connectivity index (χ3v) is 4.94. The lowest BCUT2D eigenvalue weighted by molar-refractivity contribution is 0.0948. The fraction of sp³-hybridized carbons (Fsp3) is 0.429. The van der Waals surface area contributed by atoms with Gasteiger partial charge in [0.15, 0.2) is 0 Å². The van der Waals surface area contributed by atoms with Crippen molar-refractivity contribution in [3.63, 3.8) is 0 Å². The summed E-state index contributed by atoms with van der Waals surface area (Å²) in [4.78, 5) is 21.4. The van der Waals surface area contributed by atoms with Crippen LogP contribution in [0.4, 0.5) is 5.69 Å². The number of amides is 1. The SMILES string of the molecule is CCN1CCN(c2ccc(C(=O)NCCCc3ccccc3)nc2)CC1. The molecule has 138 valence electrons. The number of rotatable bonds is 7. The van der Waals surface area contributed by atoms with Gasteiger partial charge in [-0.3, -0.25) is 4.79 Å². The fourth-order valence-electron chi connectivity index (χ4n) is 3.26. The first-order valence-electron chi connectivity index (χ1n) is 9.51. The number of hydrogen-bond acceptors (Lipinski definition) is 4. The molecule has 0 radical (unpaired) electrons. The number of pyridine rings is 1. The molecule has 1 saturated heterocycles. The molecule has 3 rings (SSSR count). The van der Waals surface area contributed by atoms with E-state index in [0.29, 0.717) is 12.2 Å². The fourth-order valence-corrected chi connectivity index (χ4v) is 3.26. The molecule has 5 heteroatoms. The quantitative estimate of drug-likeness (QED) is 0.778. The van der Waals surface area contributed by atoms with Crippen LogP contribution >= 0.6 is 0 Å². The Labute approximate surface area is 156 Å². The molecule has 0 aliphatic carbocycles. The predicted molar refractivity (Wildman–Crippen MR) is 106 cm³/mol. The minimum absolute atomic E-state index is 0.0968. The van der Waals surface area contributed by atoms with Crippen LogP contribution in [0.5, 0.6) is 0 Å². The third-order valence-electron chi connectivity index (χ3n) is 4.94. The molecule has 1 aromatic carbocycles. The molecule has 0 bridgehead atoms. The number of hydrogen-bond donors (Lipinski definition) is 1. The summed E-state index contributed by atoms with van der Waals surface area (Å²) in [5, 5.41) is 2.96. The number of aromatic nitrogens is 1. The van der Waals surface area contributed by atoms with Crippen molar-refractivity contribution in [3.8, 4) is 0 Å². The van der Waals surface area contributed by atoms with Crippen LogP contribution in [0.15, 0.2) is 48.7 Å². The van der Waals surface area contributed by atoms with Gasteiger partial charge in [0.25, 0.3) is 5.91 Å². The van der Waals surface area contributed by atoms with Gasteiger partial charge >= 0.3 is 0 Å². The van der Waals surface area contributed by atoms with Gasteiger partial charge in [-0.2, -0.15) is 0 Å². The Morgan fingerprint density at radius 3 is 2.50 bits per heavy atom. The Morgan fingerprint density at radius 1 is 1.08 bits per heavy atom. The van der Waals surface area contributed by atoms with E-state index in [-0.39, 0.29) is 5.91 Å². The zero-order valence-electron chi connectivity index (χ0n) is 15.5. The molecule has 26 heavy (non-hydrogen) atoms. The molecular formula is C21H28N4O. The number of carbonyl (C=O) groups is 1. The number of likely N-dealkylation sites (N-methyl/N-ethyl adjacent to an activating group) is 1. The first-order chi connectivity index (χ1) is 12.8. The van der Waals surface area contributed by atoms with Crippen LogP contribution in [0.25, 0.3) is 0 Å². The zero-order chi connectivity index (χ0) is 18.2. The first-order valence-corrected chi connectivity index (χ1v) is 9.51. The highest BCUT2D eigenvalue weighted by Gasteiger charge is 2.16. The van der Waals surface area contributed by atoms with Crippen molar-refractivity contribution in [1.29, 1.82) is 0 Å². The molecule has 1 amide bonds. The molecule has 2 heterocycles. The molecule has 0 unspecified atom stereocenters. The number of anilines is 1. The Kier molecular flexibility index (Phi) is 6.61. The highest BCUT2D eigenvalue weighted by atomic mass is 16.1. The van der Waals surface area contributed by atoms with Gasteiger partial charge in [-0.25, -0.2) is 4.98 Å². The van der Waals surface area contributed by atoms with Crippen LogP contribution < -0.4 is 10.2 Å². The van der Waals surface area contributed by atoms with Crippen molar-refractivity contribution >= 4 is 11.6 Å². The van der Waals surface area contributed by atoms with Gasteiger partial charge in [0.1, 0.15) is 5.69 Å². The Hall–Kier alpha value is -2.40. The summed E-state index contributed by atoms with van der Waals surface area (Å²) in [5.74, 6) is -0.0968. The minimum atomic E-state index is -0.0968. The van der Waals surface area contributed by atoms with Crippen LogP contribution in [0, 0.1) is 0 Å². The van der Waals surface area contributed by atoms with E-state index >= 15 is 0 Å². The van der Waals surface area contributed by atoms with Crippen molar-refractivity contribution in [2.45, 2.75) is 19.8 Å². The van der Waals surface area contributed by atoms with E-state index < -0.39 is 0 Å². The Morgan fingerprint density at radius 2 is 1.85 bits per heavy atom. The standard InChI is InChI=1S/C21H28N4O/c1-2-24-13-15-25(16-14-24)19-10-11-20(23-17-19)21(26)22-12-6-9-18-7-4-3-5-8-18/h3-5,7-8,10-11,17H,2,6,9,12-16H2,1H3,(H,22,26). The maximum absolute atomic E-state index is 12.2. The molecule has 1 fully saturated rings. The van der Waals surface area contributed by atoms with Gasteiger partial charge in [0, 0.05) is 32.7 Å². The molecule has 5 nitrogen and oxygen atoms in total. The van der Waals surface area contributed by atoms with E-state index in [9.17, 15) is 4.79 Å². The van der Waals surface area contributed by atoms with E-state index in [1.54, 1.807) is 0 Å². The summed E-state index contributed by atoms with van der Waals surface area (Å²) in [5.41, 5.74) is 2.88. The van der Waals surface area contributed by atoms with Gasteiger partial charge in [0.05, 0.1) is 11.9 Å². The van der Waals surface area contributed by atoms with Crippen LogP contribution in [0.2, 0.25) is 0 Å². The summed E-state index contributed by atoms with van der Waals surface area (Å²) in [6.07, 6.45) is 3.72. The number of piperazine rings is 1. The van der Waals surface area contributed by atoms with E-state index in [0.717, 1.165) is 51.3 Å². The number of nitrogens with one attached hydrogen (secondary N) is 1. The second-order valence-corrected chi connectivity index (χ2v) is 6.67. The lowest BCUT2D eigenvalue weighted by Gasteiger charge is -2.35. The van der Waals surface area contributed by atoms with Gasteiger partial charge in [-0.1, -0.05) is 37.3 Å². The molecule has 0 saturated carbocycles. The van der Waals surface area contributed by atoms with Crippen molar-refractivity contribution in [2.75, 3.05) is 44.2 Å². The van der Waals surface area contributed by atoms with Crippen molar-refractivity contribution in [3.05, 3.63) is 59.9 Å². The number of carbonyl (C=O) groups excluding carboxylic acids is 1. The summed E-state index contributed by atoms with van der Waals surface area (Å²) < 4.78 is 0. The van der Waals surface area contributed by atoms with E-state index in [2.05, 4.69) is 39.2 Å². The van der Waals surface area contributed by atoms with Gasteiger partial charge < -0.3 is 15.1 Å². The van der Waals surface area contributed by atoms with Gasteiger partial charge in [-0.15, -0.1) is 0 Å². The summed E-state index contributed by atoms with van der Waals surface area (Å²) in [6.45, 7) is 8.16. The second-order valence-electron chi connectivity index (χ2n) is 6.67. The van der Waals surface area contributed by atoms with Crippen LogP contribution in [-0.4, -0.2) is 55.1 Å². The van der Waals surface area contributed by atoms with Crippen molar-refractivity contribution in [2.24, 2.45) is 0 Å². The highest BCUT2D eigenvalue weighted by molar-refractivity contribution is 5.92. The Balaban J connectivity index is 1.43. The molecule has 1 aliphatic rings. The monoisotopic (exact) mass is 352 g/mol. The molecular weight excluding hydrogens is 324 g/mol. The van der Waals surface area contributed by atoms with Crippen molar-refractivity contribution in [1.82, 2.24) is 15.2 Å². The zero-order valence-corrected chi connectivity index (χ0v) is 15.5. The lowest BCUT2D eigenvalue weighted by atomic mass is 10.1. The molecule has 0 spiro atoms. The van der Waals surface area contributed by atoms with E-state index in [1.165, 1.54) is 5.56 Å². The second kappa shape index (κ2) is 9.34. The predicted octanol–water partition coefficient (Wildman–Crippen LogP) is 2.59. The number of aryl methyl sites for hydroxylation is 1. The topological polar surface area (TPSA) is 48.5 Å². The summed E-state index contributed by atoms with van der Waals surface area (Å²) >= 11 is 0. The minimum Gasteiger partial charge on any atom is -0.368 e. The molecule has 1 aliphatic heterocycles. The number of nitrogens with zero attached hydrogens (tertiary/aromatic N) is 3. The van der Waals surface area contributed by atoms with Gasteiger partial charge in [-0.05, 0) is 37.1 Å². The summed E-state index contributed by atoms with van der Waals surface area (Å²) in [7, 11) is 0. The largest absolute Gasteiger partial charge is 0.368 e. The van der Waals surface area contributed by atoms with Crippen LogP contribution in [0.1, 0.15) is 29.4 Å². The highest BCUT2D eigenvalue weighted by Crippen LogP contribution is 2.15. The van der Waals surface area contributed by atoms with E-state index in [1.807, 2.05) is 36.5 Å². The maximum atomic E-state index is 12.2. The average molecular weight is 352 g/mol. The smallest absolute Gasteiger partial charge is 0.269 e. The average Bonchev–Trinajstić information content (AvgIpc) is 2.72. The summed E-state index contributed by atoms with van der Waals surface area (Å²) in [6, 6.07) is 14.2. The normalized spacial score (nSPS) is 15.0. The molecule has 2 aromatic rings. The molecule has 0 atom stereocenters. The molecule has 1 N–H and O–H groups in total. The Bertz CT molecular complexity index is 679. The molecule has 1 aromatic heterocycles. The van der Waals surface area contributed by atoms with Crippen LogP contribution in [0.3, 0.4) is 0 Å². The van der Waals surface area contributed by atoms with E-state index in [4.69, 9.17) is 0 Å². The third kappa shape index (κ3) is 5.05. The van der Waals surface area contributed by atoms with Crippen molar-refractivity contribution < 1.29 is 4.79 Å². The first kappa shape index (κ1) is 18.4. The van der Waals surface area contributed by atoms with Gasteiger partial charge in [0.2, 0.25) is 0 Å². The lowest BCUT2D eigenvalue weighted by Crippen LogP contribution is -2.46.